The van der Waals surface area contributed by atoms with Gasteiger partial charge < -0.3 is 5.32 Å². The molecule has 0 unspecified atom stereocenters. The van der Waals surface area contributed by atoms with Crippen LogP contribution in [0.3, 0.4) is 0 Å². The van der Waals surface area contributed by atoms with Gasteiger partial charge in [-0.3, -0.25) is 0 Å². The van der Waals surface area contributed by atoms with Gasteiger partial charge in [-0.2, -0.15) is 0 Å². The highest BCUT2D eigenvalue weighted by Gasteiger charge is 2.20. The molecule has 0 spiro atoms. The van der Waals surface area contributed by atoms with Crippen molar-refractivity contribution in [2.75, 3.05) is 13.1 Å². The predicted octanol–water partition coefficient (Wildman–Crippen LogP) is 1.54. The van der Waals surface area contributed by atoms with E-state index in [2.05, 4.69) is 42.1 Å². The predicted molar refractivity (Wildman–Crippen MR) is 60.8 cm³/mol. The molecule has 2 heterocycles. The molecule has 1 aliphatic rings. The fraction of sp³-hybridized carbons (Fsp3) is 0.667. The Morgan fingerprint density at radius 3 is 2.60 bits per heavy atom. The third kappa shape index (κ3) is 2.53. The largest absolute Gasteiger partial charge is 0.316 e. The maximum absolute atomic E-state index is 4.34. The molecular formula is C12H19N3. The molecule has 15 heavy (non-hydrogen) atoms. The lowest BCUT2D eigenvalue weighted by Gasteiger charge is -2.27. The first-order valence-electron chi connectivity index (χ1n) is 5.58. The van der Waals surface area contributed by atoms with Gasteiger partial charge in [-0.25, -0.2) is 9.97 Å². The second-order valence-corrected chi connectivity index (χ2v) is 5.37. The maximum atomic E-state index is 4.34. The van der Waals surface area contributed by atoms with Crippen LogP contribution >= 0.6 is 0 Å². The van der Waals surface area contributed by atoms with Crippen LogP contribution in [-0.4, -0.2) is 23.1 Å². The van der Waals surface area contributed by atoms with Crippen LogP contribution in [0, 0.1) is 5.92 Å². The van der Waals surface area contributed by atoms with E-state index in [4.69, 9.17) is 0 Å². The molecule has 1 aromatic rings. The zero-order valence-corrected chi connectivity index (χ0v) is 9.75. The molecule has 3 nitrogen and oxygen atoms in total. The van der Waals surface area contributed by atoms with Gasteiger partial charge in [0.2, 0.25) is 0 Å². The fourth-order valence-electron chi connectivity index (χ4n) is 1.71. The molecule has 82 valence electrons. The minimum atomic E-state index is 0.121. The second kappa shape index (κ2) is 3.89. The van der Waals surface area contributed by atoms with Crippen LogP contribution in [0.5, 0.6) is 0 Å². The minimum absolute atomic E-state index is 0.121. The molecule has 0 aromatic carbocycles. The average molecular weight is 205 g/mol. The quantitative estimate of drug-likeness (QED) is 0.795. The third-order valence-corrected chi connectivity index (χ3v) is 2.86. The van der Waals surface area contributed by atoms with Gasteiger partial charge in [0.15, 0.2) is 0 Å². The first kappa shape index (κ1) is 10.6. The van der Waals surface area contributed by atoms with Gasteiger partial charge in [0, 0.05) is 16.8 Å². The summed E-state index contributed by atoms with van der Waals surface area (Å²) in [6.07, 6.45) is 2.78. The zero-order chi connectivity index (χ0) is 10.9. The maximum Gasteiger partial charge on any atom is 0.115 e. The summed E-state index contributed by atoms with van der Waals surface area (Å²) in [5.41, 5.74) is 2.44. The van der Waals surface area contributed by atoms with Crippen LogP contribution in [-0.2, 0) is 11.8 Å². The van der Waals surface area contributed by atoms with E-state index in [1.165, 1.54) is 5.69 Å². The lowest BCUT2D eigenvalue weighted by Crippen LogP contribution is -2.43. The molecule has 1 aliphatic heterocycles. The smallest absolute Gasteiger partial charge is 0.115 e. The van der Waals surface area contributed by atoms with E-state index in [9.17, 15) is 0 Å². The number of hydrogen-bond donors (Lipinski definition) is 1. The topological polar surface area (TPSA) is 37.8 Å². The number of rotatable bonds is 2. The van der Waals surface area contributed by atoms with Gasteiger partial charge in [-0.05, 0) is 31.5 Å². The Labute approximate surface area is 91.3 Å². The molecule has 0 saturated carbocycles. The summed E-state index contributed by atoms with van der Waals surface area (Å²) >= 11 is 0. The summed E-state index contributed by atoms with van der Waals surface area (Å²) in [6, 6.07) is 2.15. The molecule has 0 radical (unpaired) electrons. The van der Waals surface area contributed by atoms with E-state index in [0.29, 0.717) is 0 Å². The van der Waals surface area contributed by atoms with Crippen LogP contribution in [0.4, 0.5) is 0 Å². The van der Waals surface area contributed by atoms with Crippen LogP contribution in [0.25, 0.3) is 0 Å². The lowest BCUT2D eigenvalue weighted by molar-refractivity contribution is 0.343. The van der Waals surface area contributed by atoms with Crippen molar-refractivity contribution in [3.05, 3.63) is 23.8 Å². The Morgan fingerprint density at radius 2 is 2.07 bits per heavy atom. The Hall–Kier alpha value is -0.960. The summed E-state index contributed by atoms with van der Waals surface area (Å²) in [5, 5.41) is 3.28. The molecule has 0 aliphatic carbocycles. The van der Waals surface area contributed by atoms with Crippen LogP contribution < -0.4 is 5.32 Å². The molecule has 1 N–H and O–H groups in total. The molecule has 3 heteroatoms. The Bertz CT molecular complexity index is 337. The van der Waals surface area contributed by atoms with Crippen LogP contribution in [0.2, 0.25) is 0 Å². The zero-order valence-electron chi connectivity index (χ0n) is 9.75. The summed E-state index contributed by atoms with van der Waals surface area (Å²) in [4.78, 5) is 8.67. The fourth-order valence-corrected chi connectivity index (χ4v) is 1.71. The van der Waals surface area contributed by atoms with Gasteiger partial charge >= 0.3 is 0 Å². The van der Waals surface area contributed by atoms with Crippen LogP contribution in [0.15, 0.2) is 12.4 Å². The minimum Gasteiger partial charge on any atom is -0.316 e. The van der Waals surface area contributed by atoms with E-state index in [0.717, 1.165) is 31.1 Å². The van der Waals surface area contributed by atoms with Gasteiger partial charge in [0.1, 0.15) is 6.33 Å². The molecule has 0 atom stereocenters. The highest BCUT2D eigenvalue weighted by molar-refractivity contribution is 5.16. The standard InChI is InChI=1S/C12H19N3/c1-12(2,3)11-5-10(14-8-15-11)4-9-6-13-7-9/h5,8-9,13H,4,6-7H2,1-3H3. The van der Waals surface area contributed by atoms with Crippen molar-refractivity contribution in [3.63, 3.8) is 0 Å². The molecular weight excluding hydrogens is 186 g/mol. The van der Waals surface area contributed by atoms with Crippen molar-refractivity contribution >= 4 is 0 Å². The van der Waals surface area contributed by atoms with Crippen LogP contribution in [0.1, 0.15) is 32.2 Å². The summed E-state index contributed by atoms with van der Waals surface area (Å²) in [5.74, 6) is 0.771. The van der Waals surface area contributed by atoms with Gasteiger partial charge in [0.25, 0.3) is 0 Å². The monoisotopic (exact) mass is 205 g/mol. The van der Waals surface area contributed by atoms with Gasteiger partial charge in [-0.15, -0.1) is 0 Å². The van der Waals surface area contributed by atoms with Gasteiger partial charge in [0.05, 0.1) is 0 Å². The summed E-state index contributed by atoms with van der Waals surface area (Å²) in [6.45, 7) is 8.82. The molecule has 2 rings (SSSR count). The number of nitrogens with one attached hydrogen (secondary N) is 1. The van der Waals surface area contributed by atoms with Crippen molar-refractivity contribution in [2.24, 2.45) is 5.92 Å². The Morgan fingerprint density at radius 1 is 1.33 bits per heavy atom. The Kier molecular flexibility index (Phi) is 2.74. The number of hydrogen-bond acceptors (Lipinski definition) is 3. The van der Waals surface area contributed by atoms with E-state index in [-0.39, 0.29) is 5.41 Å². The SMILES string of the molecule is CC(C)(C)c1cc(CC2CNC2)ncn1. The Balaban J connectivity index is 2.11. The van der Waals surface area contributed by atoms with Crippen molar-refractivity contribution < 1.29 is 0 Å². The molecule has 0 bridgehead atoms. The van der Waals surface area contributed by atoms with E-state index in [1.807, 2.05) is 0 Å². The number of nitrogens with zero attached hydrogens (tertiary/aromatic N) is 2. The van der Waals surface area contributed by atoms with E-state index in [1.54, 1.807) is 6.33 Å². The highest BCUT2D eigenvalue weighted by atomic mass is 14.9. The normalized spacial score (nSPS) is 17.5. The van der Waals surface area contributed by atoms with E-state index < -0.39 is 0 Å². The van der Waals surface area contributed by atoms with E-state index >= 15 is 0 Å². The van der Waals surface area contributed by atoms with Crippen molar-refractivity contribution in [1.29, 1.82) is 0 Å². The number of aromatic nitrogens is 2. The molecule has 1 saturated heterocycles. The highest BCUT2D eigenvalue weighted by Crippen LogP contribution is 2.20. The third-order valence-electron chi connectivity index (χ3n) is 2.86. The average Bonchev–Trinajstić information content (AvgIpc) is 2.11. The first-order valence-corrected chi connectivity index (χ1v) is 5.58. The van der Waals surface area contributed by atoms with Crippen molar-refractivity contribution in [1.82, 2.24) is 15.3 Å². The molecule has 0 amide bonds. The molecule has 1 aromatic heterocycles. The summed E-state index contributed by atoms with van der Waals surface area (Å²) < 4.78 is 0. The second-order valence-electron chi connectivity index (χ2n) is 5.37. The first-order chi connectivity index (χ1) is 7.05. The lowest BCUT2D eigenvalue weighted by atomic mass is 9.90. The molecule has 1 fully saturated rings. The summed E-state index contributed by atoms with van der Waals surface area (Å²) in [7, 11) is 0. The van der Waals surface area contributed by atoms with Gasteiger partial charge in [-0.1, -0.05) is 20.8 Å². The van der Waals surface area contributed by atoms with Crippen molar-refractivity contribution in [2.45, 2.75) is 32.6 Å². The van der Waals surface area contributed by atoms with Crippen molar-refractivity contribution in [3.8, 4) is 0 Å².